The second-order valence-electron chi connectivity index (χ2n) is 25.9. The molecule has 11 nitrogen and oxygen atoms in total. The van der Waals surface area contributed by atoms with Crippen LogP contribution in [0.5, 0.6) is 0 Å². The normalized spacial score (nSPS) is 17.4. The number of nitrogens with two attached hydrogens (primary N) is 1. The molecular weight excluding hydrogens is 1220 g/mol. The van der Waals surface area contributed by atoms with E-state index in [0.29, 0.717) is 15.9 Å². The second-order valence-corrected chi connectivity index (χ2v) is 26.9. The van der Waals surface area contributed by atoms with Gasteiger partial charge in [-0.05, 0) is 146 Å². The summed E-state index contributed by atoms with van der Waals surface area (Å²) in [5.74, 6) is 1.78. The first-order valence-electron chi connectivity index (χ1n) is 34.2. The van der Waals surface area contributed by atoms with Crippen LogP contribution in [-0.4, -0.2) is 62.8 Å². The lowest BCUT2D eigenvalue weighted by Crippen LogP contribution is -2.37. The van der Waals surface area contributed by atoms with Crippen LogP contribution in [0.2, 0.25) is 15.7 Å². The highest BCUT2D eigenvalue weighted by Crippen LogP contribution is 2.43. The fraction of sp³-hybridized carbons (Fsp3) is 0.388. The minimum absolute atomic E-state index is 0. The number of nitrogens with one attached hydrogen (secondary N) is 2. The van der Waals surface area contributed by atoms with Crippen molar-refractivity contribution in [3.63, 3.8) is 0 Å². The maximum Gasteiger partial charge on any atom is 0.224 e. The van der Waals surface area contributed by atoms with Gasteiger partial charge in [-0.1, -0.05) is 246 Å². The van der Waals surface area contributed by atoms with Gasteiger partial charge in [-0.25, -0.2) is 29.9 Å². The van der Waals surface area contributed by atoms with Crippen molar-refractivity contribution in [1.82, 2.24) is 29.9 Å². The maximum absolute atomic E-state index is 9.34. The Kier molecular flexibility index (Phi) is 26.0. The van der Waals surface area contributed by atoms with Gasteiger partial charge in [0.2, 0.25) is 10.6 Å². The van der Waals surface area contributed by atoms with Crippen molar-refractivity contribution in [3.8, 4) is 6.07 Å². The van der Waals surface area contributed by atoms with E-state index < -0.39 is 0 Å². The van der Waals surface area contributed by atoms with E-state index in [-0.39, 0.29) is 23.0 Å². The number of benzene rings is 7. The zero-order chi connectivity index (χ0) is 65.2. The van der Waals surface area contributed by atoms with E-state index in [1.54, 1.807) is 6.33 Å². The van der Waals surface area contributed by atoms with Crippen molar-refractivity contribution in [2.75, 3.05) is 43.5 Å². The Balaban J connectivity index is 0.000000140. The van der Waals surface area contributed by atoms with Gasteiger partial charge in [0.25, 0.3) is 0 Å². The molecule has 4 heterocycles. The van der Waals surface area contributed by atoms with Crippen molar-refractivity contribution < 1.29 is 6.16 Å². The molecule has 14 heteroatoms. The van der Waals surface area contributed by atoms with Crippen molar-refractivity contribution in [2.24, 2.45) is 5.73 Å². The molecular formula is C80H93Cl3N10O. The lowest BCUT2D eigenvalue weighted by molar-refractivity contribution is 0.198. The summed E-state index contributed by atoms with van der Waals surface area (Å²) in [6.07, 6.45) is 29.3. The number of fused-ring (bicyclic) bond motifs is 3. The molecule has 10 aromatic rings. The van der Waals surface area contributed by atoms with Gasteiger partial charge in [-0.2, -0.15) is 5.26 Å². The number of rotatable bonds is 11. The lowest BCUT2D eigenvalue weighted by Gasteiger charge is -2.38. The van der Waals surface area contributed by atoms with Gasteiger partial charge in [-0.15, -0.1) is 0 Å². The molecule has 7 aromatic carbocycles. The van der Waals surface area contributed by atoms with Gasteiger partial charge in [-0.3, -0.25) is 0 Å². The third-order valence-electron chi connectivity index (χ3n) is 19.9. The molecule has 490 valence electrons. The smallest absolute Gasteiger partial charge is 0.224 e. The largest absolute Gasteiger partial charge is 0.381 e. The predicted molar refractivity (Wildman–Crippen MR) is 392 cm³/mol. The van der Waals surface area contributed by atoms with Crippen molar-refractivity contribution in [1.29, 1.82) is 5.26 Å². The van der Waals surface area contributed by atoms with Gasteiger partial charge in [0.15, 0.2) is 0 Å². The molecule has 4 aliphatic carbocycles. The molecule has 0 unspecified atom stereocenters. The number of halogens is 3. The molecule has 1 saturated heterocycles. The molecule has 5 aliphatic rings. The van der Waals surface area contributed by atoms with Crippen LogP contribution in [0.15, 0.2) is 200 Å². The zero-order valence-electron chi connectivity index (χ0n) is 54.4. The third-order valence-corrected chi connectivity index (χ3v) is 20.5. The average molecular weight is 1320 g/mol. The fourth-order valence-corrected chi connectivity index (χ4v) is 15.2. The molecule has 5 fully saturated rings. The Hall–Kier alpha value is -7.56. The number of nitriles is 1. The topological polar surface area (TPSA) is 160 Å². The number of hydrogen-bond donors (Lipinski definition) is 3. The second kappa shape index (κ2) is 35.3. The molecule has 94 heavy (non-hydrogen) atoms. The number of anilines is 2. The maximum atomic E-state index is 9.34. The van der Waals surface area contributed by atoms with Crippen molar-refractivity contribution in [2.45, 2.75) is 163 Å². The fourth-order valence-electron chi connectivity index (χ4n) is 14.5. The van der Waals surface area contributed by atoms with E-state index in [1.807, 2.05) is 84.9 Å². The average Bonchev–Trinajstić information content (AvgIpc) is 0.976. The first-order valence-corrected chi connectivity index (χ1v) is 35.4. The molecule has 4 N–H and O–H groups in total. The highest BCUT2D eigenvalue weighted by molar-refractivity contribution is 6.35. The molecule has 0 radical (unpaired) electrons. The van der Waals surface area contributed by atoms with E-state index in [1.165, 1.54) is 151 Å². The molecule has 0 atom stereocenters. The van der Waals surface area contributed by atoms with E-state index in [0.717, 1.165) is 90.0 Å². The molecule has 0 bridgehead atoms. The standard InChI is InChI=1S/C21H22ClN3.C21H23N3.C13H19N.C13H15N.C8H4Cl2N2.C4H8O.H2/c22-20-24-18-12-6-5-11-17(18)19(25-20)23-15-21(13-7-2-8-14-21)16-9-3-1-4-10-16;1-3-9-17(10-4-1)21(13-7-2-8-14-21)15-22-20-18-11-5-6-12-19(18)23-16-24-20;2*14-11-13(9-5-2-6-10-13)12-7-3-1-4-8-12;9-7-5-3-1-2-4-6(5)11-8(10)12-7;1-2-4-5-3-1;/h1,3-6,9-12H,2,7-8,13-15H2,(H,23,24,25);1,3-6,9-12,16H,2,7-8,13-15H2,(H,22,23,24);1,3-4,7-8H,2,5-6,9-11,14H2;1,3-4,7-8H,2,5-6,9-10H2;1-4H;1-4H2;1H. The van der Waals surface area contributed by atoms with Crippen molar-refractivity contribution >= 4 is 79.1 Å². The summed E-state index contributed by atoms with van der Waals surface area (Å²) in [5, 5.41) is 20.4. The Morgan fingerprint density at radius 3 is 1.22 bits per heavy atom. The van der Waals surface area contributed by atoms with Crippen LogP contribution in [-0.2, 0) is 26.4 Å². The minimum atomic E-state index is -0.181. The van der Waals surface area contributed by atoms with Gasteiger partial charge >= 0.3 is 0 Å². The Morgan fingerprint density at radius 1 is 0.394 bits per heavy atom. The van der Waals surface area contributed by atoms with Crippen LogP contribution < -0.4 is 16.4 Å². The van der Waals surface area contributed by atoms with Crippen LogP contribution in [0.1, 0.15) is 165 Å². The number of aromatic nitrogens is 6. The van der Waals surface area contributed by atoms with Crippen LogP contribution >= 0.6 is 34.8 Å². The molecule has 3 aromatic heterocycles. The third kappa shape index (κ3) is 18.5. The van der Waals surface area contributed by atoms with Crippen LogP contribution in [0.25, 0.3) is 32.7 Å². The monoisotopic (exact) mass is 1310 g/mol. The SMILES string of the molecule is C1CCOC1.Clc1nc(Cl)c2ccccc2n1.Clc1nc(NCC2(c3ccccc3)CCCCC2)c2ccccc2n1.N#CC1(c2ccccc2)CCCCC1.NCC1(c2ccccc2)CCCCC1.[HH].c1ccc(C2(CNc3ncnc4ccccc34)CCCCC2)cc1. The molecule has 4 saturated carbocycles. The highest BCUT2D eigenvalue weighted by atomic mass is 35.5. The Bertz CT molecular complexity index is 3920. The summed E-state index contributed by atoms with van der Waals surface area (Å²) in [6.45, 7) is 4.60. The van der Waals surface area contributed by atoms with Gasteiger partial charge < -0.3 is 21.1 Å². The summed E-state index contributed by atoms with van der Waals surface area (Å²) in [5.41, 5.74) is 14.6. The minimum Gasteiger partial charge on any atom is -0.381 e. The lowest BCUT2D eigenvalue weighted by atomic mass is 9.69. The van der Waals surface area contributed by atoms with Crippen LogP contribution in [0.4, 0.5) is 11.6 Å². The molecule has 0 amide bonds. The summed E-state index contributed by atoms with van der Waals surface area (Å²) in [4.78, 5) is 25.5. The van der Waals surface area contributed by atoms with E-state index >= 15 is 0 Å². The summed E-state index contributed by atoms with van der Waals surface area (Å²) >= 11 is 17.6. The number of para-hydroxylation sites is 3. The number of hydrogen-bond acceptors (Lipinski definition) is 11. The number of nitrogens with zero attached hydrogens (tertiary/aromatic N) is 7. The number of ether oxygens (including phenoxy) is 1. The molecule has 15 rings (SSSR count). The zero-order valence-corrected chi connectivity index (χ0v) is 56.7. The quantitative estimate of drug-likeness (QED) is 0.0835. The van der Waals surface area contributed by atoms with Crippen LogP contribution in [0, 0.1) is 11.3 Å². The van der Waals surface area contributed by atoms with E-state index in [4.69, 9.17) is 45.3 Å². The summed E-state index contributed by atoms with van der Waals surface area (Å²) in [6, 6.07) is 69.1. The van der Waals surface area contributed by atoms with Gasteiger partial charge in [0.1, 0.15) is 23.1 Å². The van der Waals surface area contributed by atoms with Crippen LogP contribution in [0.3, 0.4) is 0 Å². The van der Waals surface area contributed by atoms with Gasteiger partial charge in [0, 0.05) is 66.7 Å². The Labute approximate surface area is 573 Å². The molecule has 0 spiro atoms. The first kappa shape index (κ1) is 69.3. The van der Waals surface area contributed by atoms with E-state index in [2.05, 4.69) is 156 Å². The van der Waals surface area contributed by atoms with Gasteiger partial charge in [0.05, 0.1) is 28.0 Å². The Morgan fingerprint density at radius 2 is 0.766 bits per heavy atom. The highest BCUT2D eigenvalue weighted by Gasteiger charge is 2.37. The first-order chi connectivity index (χ1) is 46.2. The summed E-state index contributed by atoms with van der Waals surface area (Å²) < 4.78 is 4.94. The predicted octanol–water partition coefficient (Wildman–Crippen LogP) is 20.8. The van der Waals surface area contributed by atoms with Crippen molar-refractivity contribution in [3.05, 3.63) is 238 Å². The summed E-state index contributed by atoms with van der Waals surface area (Å²) in [7, 11) is 0. The molecule has 1 aliphatic heterocycles. The van der Waals surface area contributed by atoms with E-state index in [9.17, 15) is 5.26 Å².